The third kappa shape index (κ3) is 3.18. The van der Waals surface area contributed by atoms with Crippen LogP contribution in [0.25, 0.3) is 10.9 Å². The van der Waals surface area contributed by atoms with Crippen LogP contribution in [0.3, 0.4) is 0 Å². The molecule has 3 aromatic rings. The van der Waals surface area contributed by atoms with Gasteiger partial charge in [-0.15, -0.1) is 0 Å². The van der Waals surface area contributed by atoms with Crippen molar-refractivity contribution in [3.63, 3.8) is 0 Å². The summed E-state index contributed by atoms with van der Waals surface area (Å²) in [6.07, 6.45) is 2.45. The zero-order chi connectivity index (χ0) is 14.8. The predicted molar refractivity (Wildman–Crippen MR) is 88.8 cm³/mol. The molecule has 0 radical (unpaired) electrons. The summed E-state index contributed by atoms with van der Waals surface area (Å²) in [5.41, 5.74) is 9.30. The lowest BCUT2D eigenvalue weighted by Gasteiger charge is -2.14. The van der Waals surface area contributed by atoms with E-state index < -0.39 is 0 Å². The van der Waals surface area contributed by atoms with Gasteiger partial charge < -0.3 is 5.73 Å². The van der Waals surface area contributed by atoms with Crippen molar-refractivity contribution < 1.29 is 0 Å². The van der Waals surface area contributed by atoms with Gasteiger partial charge in [-0.25, -0.2) is 0 Å². The second-order valence-corrected chi connectivity index (χ2v) is 5.85. The molecule has 4 heteroatoms. The average Bonchev–Trinajstić information content (AvgIpc) is 2.49. The van der Waals surface area contributed by atoms with E-state index >= 15 is 0 Å². The summed E-state index contributed by atoms with van der Waals surface area (Å²) in [7, 11) is 0. The Morgan fingerprint density at radius 3 is 2.71 bits per heavy atom. The smallest absolute Gasteiger partial charge is 0.0705 e. The second-order valence-electron chi connectivity index (χ2n) is 5.00. The Balaban J connectivity index is 1.87. The van der Waals surface area contributed by atoms with Crippen LogP contribution in [0.5, 0.6) is 0 Å². The van der Waals surface area contributed by atoms with Gasteiger partial charge in [0.15, 0.2) is 0 Å². The van der Waals surface area contributed by atoms with Crippen LogP contribution >= 0.6 is 23.2 Å². The average molecular weight is 317 g/mol. The molecule has 0 aliphatic rings. The second kappa shape index (κ2) is 6.02. The third-order valence-corrected chi connectivity index (χ3v) is 4.10. The lowest BCUT2D eigenvalue weighted by atomic mass is 9.98. The van der Waals surface area contributed by atoms with Crippen LogP contribution in [0.15, 0.2) is 54.7 Å². The number of pyridine rings is 1. The minimum atomic E-state index is -0.130. The lowest BCUT2D eigenvalue weighted by molar-refractivity contribution is 0.723. The zero-order valence-corrected chi connectivity index (χ0v) is 12.8. The van der Waals surface area contributed by atoms with Crippen molar-refractivity contribution in [3.05, 3.63) is 75.9 Å². The molecule has 0 spiro atoms. The fraction of sp³-hybridized carbons (Fsp3) is 0.118. The Morgan fingerprint density at radius 1 is 1.05 bits per heavy atom. The van der Waals surface area contributed by atoms with E-state index in [0.29, 0.717) is 16.5 Å². The first-order valence-electron chi connectivity index (χ1n) is 6.67. The normalized spacial score (nSPS) is 12.5. The van der Waals surface area contributed by atoms with Gasteiger partial charge in [-0.1, -0.05) is 47.5 Å². The first-order chi connectivity index (χ1) is 10.1. The van der Waals surface area contributed by atoms with E-state index in [1.165, 1.54) is 0 Å². The number of halogens is 2. The molecule has 0 amide bonds. The number of hydrogen-bond acceptors (Lipinski definition) is 2. The molecule has 1 unspecified atom stereocenters. The van der Waals surface area contributed by atoms with Crippen molar-refractivity contribution >= 4 is 34.1 Å². The highest BCUT2D eigenvalue weighted by Gasteiger charge is 2.11. The molecule has 0 aliphatic carbocycles. The highest BCUT2D eigenvalue weighted by molar-refractivity contribution is 6.35. The molecule has 2 aromatic carbocycles. The van der Waals surface area contributed by atoms with Gasteiger partial charge in [0, 0.05) is 27.7 Å². The Bertz CT molecular complexity index is 787. The van der Waals surface area contributed by atoms with Gasteiger partial charge >= 0.3 is 0 Å². The summed E-state index contributed by atoms with van der Waals surface area (Å²) in [5, 5.41) is 2.39. The van der Waals surface area contributed by atoms with E-state index in [1.807, 2.05) is 42.5 Å². The molecule has 1 atom stereocenters. The number of nitrogens with two attached hydrogens (primary N) is 1. The first-order valence-corrected chi connectivity index (χ1v) is 7.43. The van der Waals surface area contributed by atoms with Gasteiger partial charge in [-0.2, -0.15) is 0 Å². The maximum atomic E-state index is 6.31. The minimum Gasteiger partial charge on any atom is -0.324 e. The largest absolute Gasteiger partial charge is 0.324 e. The Hall–Kier alpha value is -1.61. The summed E-state index contributed by atoms with van der Waals surface area (Å²) >= 11 is 12.1. The Labute approximate surface area is 133 Å². The van der Waals surface area contributed by atoms with Crippen LogP contribution in [0.2, 0.25) is 10.0 Å². The number of aromatic nitrogens is 1. The molecule has 3 rings (SSSR count). The number of nitrogens with zero attached hydrogens (tertiary/aromatic N) is 1. The molecule has 1 heterocycles. The first kappa shape index (κ1) is 14.3. The maximum absolute atomic E-state index is 6.31. The van der Waals surface area contributed by atoms with E-state index in [-0.39, 0.29) is 6.04 Å². The molecule has 1 aromatic heterocycles. The molecular formula is C17H14Cl2N2. The van der Waals surface area contributed by atoms with E-state index in [9.17, 15) is 0 Å². The summed E-state index contributed by atoms with van der Waals surface area (Å²) in [5.74, 6) is 0. The van der Waals surface area contributed by atoms with Crippen LogP contribution in [-0.4, -0.2) is 4.98 Å². The molecule has 0 aliphatic heterocycles. The van der Waals surface area contributed by atoms with Crippen LogP contribution in [0, 0.1) is 0 Å². The molecule has 21 heavy (non-hydrogen) atoms. The fourth-order valence-electron chi connectivity index (χ4n) is 2.36. The third-order valence-electron chi connectivity index (χ3n) is 3.51. The Morgan fingerprint density at radius 2 is 1.90 bits per heavy atom. The molecule has 0 fully saturated rings. The van der Waals surface area contributed by atoms with Gasteiger partial charge in [0.2, 0.25) is 0 Å². The van der Waals surface area contributed by atoms with E-state index in [2.05, 4.69) is 4.98 Å². The molecule has 2 nitrogen and oxygen atoms in total. The maximum Gasteiger partial charge on any atom is 0.0705 e. The van der Waals surface area contributed by atoms with Crippen molar-refractivity contribution in [2.24, 2.45) is 5.73 Å². The molecule has 0 bridgehead atoms. The number of benzene rings is 2. The van der Waals surface area contributed by atoms with Crippen LogP contribution in [-0.2, 0) is 6.42 Å². The topological polar surface area (TPSA) is 38.9 Å². The highest BCUT2D eigenvalue weighted by atomic mass is 35.5. The standard InChI is InChI=1S/C17H14Cl2N2/c18-14-6-5-12(15(19)10-14)8-16(20)13-4-3-11-2-1-7-21-17(11)9-13/h1-7,9-10,16H,8,20H2. The van der Waals surface area contributed by atoms with Crippen molar-refractivity contribution in [3.8, 4) is 0 Å². The van der Waals surface area contributed by atoms with E-state index in [4.69, 9.17) is 28.9 Å². The quantitative estimate of drug-likeness (QED) is 0.755. The van der Waals surface area contributed by atoms with Crippen molar-refractivity contribution in [2.45, 2.75) is 12.5 Å². The fourth-order valence-corrected chi connectivity index (χ4v) is 2.84. The predicted octanol–water partition coefficient (Wildman–Crippen LogP) is 4.78. The van der Waals surface area contributed by atoms with Crippen molar-refractivity contribution in [1.82, 2.24) is 4.98 Å². The lowest BCUT2D eigenvalue weighted by Crippen LogP contribution is -2.13. The van der Waals surface area contributed by atoms with Gasteiger partial charge in [-0.05, 0) is 41.8 Å². The molecule has 2 N–H and O–H groups in total. The monoisotopic (exact) mass is 316 g/mol. The highest BCUT2D eigenvalue weighted by Crippen LogP contribution is 2.26. The van der Waals surface area contributed by atoms with Crippen LogP contribution in [0.4, 0.5) is 0 Å². The van der Waals surface area contributed by atoms with E-state index in [1.54, 1.807) is 12.3 Å². The SMILES string of the molecule is NC(Cc1ccc(Cl)cc1Cl)c1ccc2cccnc2c1. The minimum absolute atomic E-state index is 0.130. The van der Waals surface area contributed by atoms with Crippen molar-refractivity contribution in [1.29, 1.82) is 0 Å². The molecule has 0 saturated heterocycles. The van der Waals surface area contributed by atoms with Gasteiger partial charge in [0.25, 0.3) is 0 Å². The van der Waals surface area contributed by atoms with Gasteiger partial charge in [-0.3, -0.25) is 4.98 Å². The molecule has 106 valence electrons. The van der Waals surface area contributed by atoms with Crippen LogP contribution < -0.4 is 5.73 Å². The summed E-state index contributed by atoms with van der Waals surface area (Å²) in [6.45, 7) is 0. The Kier molecular flexibility index (Phi) is 4.11. The van der Waals surface area contributed by atoms with Crippen LogP contribution in [0.1, 0.15) is 17.2 Å². The zero-order valence-electron chi connectivity index (χ0n) is 11.3. The molecular weight excluding hydrogens is 303 g/mol. The summed E-state index contributed by atoms with van der Waals surface area (Å²) < 4.78 is 0. The van der Waals surface area contributed by atoms with Crippen molar-refractivity contribution in [2.75, 3.05) is 0 Å². The number of fused-ring (bicyclic) bond motifs is 1. The summed E-state index contributed by atoms with van der Waals surface area (Å²) in [6, 6.07) is 15.4. The summed E-state index contributed by atoms with van der Waals surface area (Å²) in [4.78, 5) is 4.36. The number of rotatable bonds is 3. The van der Waals surface area contributed by atoms with E-state index in [0.717, 1.165) is 22.0 Å². The van der Waals surface area contributed by atoms with Gasteiger partial charge in [0.1, 0.15) is 0 Å². The number of hydrogen-bond donors (Lipinski definition) is 1. The molecule has 0 saturated carbocycles. The van der Waals surface area contributed by atoms with Gasteiger partial charge in [0.05, 0.1) is 5.52 Å².